The van der Waals surface area contributed by atoms with Crippen molar-refractivity contribution in [2.75, 3.05) is 20.3 Å². The molecule has 1 aliphatic carbocycles. The maximum Gasteiger partial charge on any atom is 0.235 e. The van der Waals surface area contributed by atoms with Gasteiger partial charge in [0.15, 0.2) is 12.4 Å². The average molecular weight is 438 g/mol. The number of fused-ring (bicyclic) bond motifs is 1. The SMILES string of the molecule is CN1C(=O)C2CCOCC2(C2=CC(Oc3cccc(-c4cocn4)c3)CC=C2F)N=C1N. The molecule has 3 unspecified atom stereocenters. The number of aromatic nitrogens is 1. The molecule has 3 atom stereocenters. The number of nitrogens with zero attached hydrogens (tertiary/aromatic N) is 3. The molecule has 8 nitrogen and oxygen atoms in total. The molecule has 2 aromatic rings. The molecule has 0 bridgehead atoms. The van der Waals surface area contributed by atoms with Crippen LogP contribution in [0, 0.1) is 5.92 Å². The molecular weight excluding hydrogens is 415 g/mol. The van der Waals surface area contributed by atoms with Crippen LogP contribution in [-0.4, -0.2) is 53.7 Å². The van der Waals surface area contributed by atoms with Crippen molar-refractivity contribution in [3.05, 3.63) is 60.5 Å². The van der Waals surface area contributed by atoms with Crippen LogP contribution in [0.25, 0.3) is 11.3 Å². The van der Waals surface area contributed by atoms with Gasteiger partial charge in [-0.3, -0.25) is 9.69 Å². The average Bonchev–Trinajstić information content (AvgIpc) is 3.34. The monoisotopic (exact) mass is 438 g/mol. The van der Waals surface area contributed by atoms with E-state index in [-0.39, 0.29) is 24.0 Å². The molecule has 1 aromatic heterocycles. The van der Waals surface area contributed by atoms with Crippen LogP contribution in [0.5, 0.6) is 5.75 Å². The third-order valence-electron chi connectivity index (χ3n) is 6.19. The first-order valence-corrected chi connectivity index (χ1v) is 10.4. The zero-order valence-electron chi connectivity index (χ0n) is 17.5. The third-order valence-corrected chi connectivity index (χ3v) is 6.19. The van der Waals surface area contributed by atoms with Gasteiger partial charge in [0.2, 0.25) is 5.91 Å². The molecule has 1 fully saturated rings. The largest absolute Gasteiger partial charge is 0.486 e. The number of ether oxygens (including phenoxy) is 2. The fraction of sp³-hybridized carbons (Fsp3) is 0.348. The number of amides is 1. The van der Waals surface area contributed by atoms with Crippen LogP contribution in [0.2, 0.25) is 0 Å². The zero-order chi connectivity index (χ0) is 22.3. The number of halogens is 1. The number of oxazole rings is 1. The van der Waals surface area contributed by atoms with Crippen molar-refractivity contribution in [3.8, 4) is 17.0 Å². The fourth-order valence-corrected chi connectivity index (χ4v) is 4.51. The van der Waals surface area contributed by atoms with Gasteiger partial charge in [-0.1, -0.05) is 12.1 Å². The minimum Gasteiger partial charge on any atom is -0.486 e. The van der Waals surface area contributed by atoms with E-state index in [0.29, 0.717) is 30.9 Å². The summed E-state index contributed by atoms with van der Waals surface area (Å²) in [6.45, 7) is 0.494. The van der Waals surface area contributed by atoms with E-state index in [9.17, 15) is 4.79 Å². The second kappa shape index (κ2) is 7.90. The number of carbonyl (C=O) groups is 1. The summed E-state index contributed by atoms with van der Waals surface area (Å²) in [5, 5.41) is 0. The Morgan fingerprint density at radius 3 is 3.06 bits per heavy atom. The summed E-state index contributed by atoms with van der Waals surface area (Å²) < 4.78 is 32.0. The first-order valence-electron chi connectivity index (χ1n) is 10.4. The van der Waals surface area contributed by atoms with E-state index in [0.717, 1.165) is 5.56 Å². The van der Waals surface area contributed by atoms with Crippen molar-refractivity contribution in [1.82, 2.24) is 9.88 Å². The number of aliphatic imine (C=N–C) groups is 1. The number of rotatable bonds is 4. The van der Waals surface area contributed by atoms with Crippen LogP contribution >= 0.6 is 0 Å². The van der Waals surface area contributed by atoms with Gasteiger partial charge in [0.1, 0.15) is 35.2 Å². The topological polar surface area (TPSA) is 103 Å². The Morgan fingerprint density at radius 1 is 1.38 bits per heavy atom. The Balaban J connectivity index is 1.48. The molecule has 0 saturated carbocycles. The van der Waals surface area contributed by atoms with E-state index in [4.69, 9.17) is 19.6 Å². The van der Waals surface area contributed by atoms with E-state index >= 15 is 4.39 Å². The lowest BCUT2D eigenvalue weighted by Gasteiger charge is -2.46. The van der Waals surface area contributed by atoms with Crippen LogP contribution < -0.4 is 10.5 Å². The number of hydrogen-bond acceptors (Lipinski definition) is 7. The van der Waals surface area contributed by atoms with Crippen molar-refractivity contribution >= 4 is 11.9 Å². The molecule has 2 aliphatic heterocycles. The Morgan fingerprint density at radius 2 is 2.25 bits per heavy atom. The molecule has 1 amide bonds. The molecule has 32 heavy (non-hydrogen) atoms. The molecule has 9 heteroatoms. The summed E-state index contributed by atoms with van der Waals surface area (Å²) in [6, 6.07) is 7.43. The molecule has 3 aliphatic rings. The number of hydrogen-bond donors (Lipinski definition) is 1. The van der Waals surface area contributed by atoms with E-state index in [1.54, 1.807) is 19.4 Å². The van der Waals surface area contributed by atoms with Gasteiger partial charge < -0.3 is 19.6 Å². The Kier molecular flexibility index (Phi) is 5.05. The number of guanidine groups is 1. The van der Waals surface area contributed by atoms with Crippen LogP contribution in [-0.2, 0) is 9.53 Å². The highest BCUT2D eigenvalue weighted by Gasteiger charge is 2.54. The van der Waals surface area contributed by atoms with Crippen LogP contribution in [0.3, 0.4) is 0 Å². The quantitative estimate of drug-likeness (QED) is 0.787. The van der Waals surface area contributed by atoms with Crippen molar-refractivity contribution < 1.29 is 23.1 Å². The number of carbonyl (C=O) groups excluding carboxylic acids is 1. The van der Waals surface area contributed by atoms with Gasteiger partial charge in [-0.25, -0.2) is 14.4 Å². The van der Waals surface area contributed by atoms with Crippen molar-refractivity contribution in [1.29, 1.82) is 0 Å². The van der Waals surface area contributed by atoms with Gasteiger partial charge in [0.05, 0.1) is 12.5 Å². The second-order valence-corrected chi connectivity index (χ2v) is 8.11. The predicted octanol–water partition coefficient (Wildman–Crippen LogP) is 2.83. The third kappa shape index (κ3) is 3.38. The maximum absolute atomic E-state index is 15.1. The smallest absolute Gasteiger partial charge is 0.235 e. The molecule has 2 N–H and O–H groups in total. The molecule has 1 aromatic carbocycles. The lowest BCUT2D eigenvalue weighted by molar-refractivity contribution is -0.138. The van der Waals surface area contributed by atoms with E-state index in [1.165, 1.54) is 17.4 Å². The van der Waals surface area contributed by atoms with Crippen LogP contribution in [0.4, 0.5) is 4.39 Å². The molecular formula is C23H23FN4O4. The maximum atomic E-state index is 15.1. The summed E-state index contributed by atoms with van der Waals surface area (Å²) in [7, 11) is 1.58. The lowest BCUT2D eigenvalue weighted by Crippen LogP contribution is -2.61. The second-order valence-electron chi connectivity index (χ2n) is 8.11. The van der Waals surface area contributed by atoms with E-state index in [2.05, 4.69) is 9.98 Å². The summed E-state index contributed by atoms with van der Waals surface area (Å²) in [5.74, 6) is -0.497. The van der Waals surface area contributed by atoms with Gasteiger partial charge in [-0.05, 0) is 30.7 Å². The number of benzene rings is 1. The summed E-state index contributed by atoms with van der Waals surface area (Å²) in [5.41, 5.74) is 6.64. The van der Waals surface area contributed by atoms with Gasteiger partial charge in [-0.2, -0.15) is 0 Å². The summed E-state index contributed by atoms with van der Waals surface area (Å²) >= 11 is 0. The molecule has 3 heterocycles. The molecule has 5 rings (SSSR count). The highest BCUT2D eigenvalue weighted by Crippen LogP contribution is 2.44. The van der Waals surface area contributed by atoms with E-state index < -0.39 is 23.4 Å². The lowest BCUT2D eigenvalue weighted by atomic mass is 9.72. The van der Waals surface area contributed by atoms with Crippen LogP contribution in [0.1, 0.15) is 12.8 Å². The van der Waals surface area contributed by atoms with Gasteiger partial charge in [0.25, 0.3) is 0 Å². The van der Waals surface area contributed by atoms with E-state index in [1.807, 2.05) is 24.3 Å². The van der Waals surface area contributed by atoms with Crippen LogP contribution in [0.15, 0.2) is 69.9 Å². The van der Waals surface area contributed by atoms with Gasteiger partial charge in [-0.15, -0.1) is 0 Å². The van der Waals surface area contributed by atoms with Gasteiger partial charge in [0, 0.05) is 31.2 Å². The Hall–Kier alpha value is -3.46. The summed E-state index contributed by atoms with van der Waals surface area (Å²) in [6.07, 6.45) is 6.43. The first-order chi connectivity index (χ1) is 15.5. The predicted molar refractivity (Wildman–Crippen MR) is 114 cm³/mol. The standard InChI is InChI=1S/C23H23FN4O4/c1-28-21(29)17-7-8-30-12-23(17,27-22(28)25)18-10-16(5-6-19(18)24)32-15-4-2-3-14(9-15)20-11-31-13-26-20/h2-4,6,9-11,13,16-17H,5,7-8,12H2,1H3,(H2,25,27). The molecule has 166 valence electrons. The van der Waals surface area contributed by atoms with Crippen molar-refractivity contribution in [3.63, 3.8) is 0 Å². The highest BCUT2D eigenvalue weighted by atomic mass is 19.1. The molecule has 1 saturated heterocycles. The zero-order valence-corrected chi connectivity index (χ0v) is 17.5. The molecule has 0 spiro atoms. The van der Waals surface area contributed by atoms with Crippen molar-refractivity contribution in [2.45, 2.75) is 24.5 Å². The minimum absolute atomic E-state index is 0.0498. The molecule has 0 radical (unpaired) electrons. The Labute approximate surface area is 184 Å². The summed E-state index contributed by atoms with van der Waals surface area (Å²) in [4.78, 5) is 23.0. The normalized spacial score (nSPS) is 27.9. The minimum atomic E-state index is -1.20. The van der Waals surface area contributed by atoms with Crippen molar-refractivity contribution in [2.24, 2.45) is 16.6 Å². The first kappa shape index (κ1) is 20.4. The Bertz CT molecular complexity index is 1130. The fourth-order valence-electron chi connectivity index (χ4n) is 4.51. The number of nitrogens with two attached hydrogens (primary N) is 1. The van der Waals surface area contributed by atoms with Gasteiger partial charge >= 0.3 is 0 Å². The highest BCUT2D eigenvalue weighted by molar-refractivity contribution is 6.00.